The molecule has 1 fully saturated rings. The van der Waals surface area contributed by atoms with E-state index in [0.717, 1.165) is 19.6 Å². The van der Waals surface area contributed by atoms with Crippen molar-refractivity contribution in [2.75, 3.05) is 19.6 Å². The van der Waals surface area contributed by atoms with Gasteiger partial charge in [-0.1, -0.05) is 0 Å². The molecule has 0 aliphatic carbocycles. The summed E-state index contributed by atoms with van der Waals surface area (Å²) in [5, 5.41) is 13.1. The van der Waals surface area contributed by atoms with Gasteiger partial charge in [0.1, 0.15) is 0 Å². The molecule has 1 aromatic rings. The number of aromatic amines is 1. The van der Waals surface area contributed by atoms with Crippen LogP contribution in [0.3, 0.4) is 0 Å². The molecular formula is C8H13N5O. The lowest BCUT2D eigenvalue weighted by Crippen LogP contribution is -2.52. The minimum Gasteiger partial charge on any atom is -0.332 e. The number of carbonyl (C=O) groups is 1. The Labute approximate surface area is 81.7 Å². The zero-order valence-corrected chi connectivity index (χ0v) is 8.03. The van der Waals surface area contributed by atoms with Crippen molar-refractivity contribution in [3.8, 4) is 0 Å². The van der Waals surface area contributed by atoms with Crippen molar-refractivity contribution in [3.63, 3.8) is 0 Å². The van der Waals surface area contributed by atoms with E-state index < -0.39 is 0 Å². The molecule has 0 saturated carbocycles. The van der Waals surface area contributed by atoms with E-state index in [1.165, 1.54) is 6.20 Å². The molecule has 2 heterocycles. The molecule has 1 aliphatic rings. The standard InChI is InChI=1S/C8H13N5O/c1-6-4-9-2-3-13(6)8(14)7-5-10-12-11-7/h5-6,9H,2-4H2,1H3,(H,10,11,12)/t6-/m0/s1. The van der Waals surface area contributed by atoms with Gasteiger partial charge in [0, 0.05) is 25.7 Å². The van der Waals surface area contributed by atoms with Crippen LogP contribution in [-0.4, -0.2) is 51.9 Å². The average molecular weight is 195 g/mol. The molecular weight excluding hydrogens is 182 g/mol. The van der Waals surface area contributed by atoms with Gasteiger partial charge in [-0.3, -0.25) is 4.79 Å². The predicted molar refractivity (Wildman–Crippen MR) is 49.8 cm³/mol. The van der Waals surface area contributed by atoms with Gasteiger partial charge in [0.05, 0.1) is 6.20 Å². The molecule has 1 atom stereocenters. The van der Waals surface area contributed by atoms with Gasteiger partial charge in [0.2, 0.25) is 0 Å². The molecule has 6 heteroatoms. The average Bonchev–Trinajstić information content (AvgIpc) is 2.70. The fourth-order valence-electron chi connectivity index (χ4n) is 1.59. The monoisotopic (exact) mass is 195 g/mol. The van der Waals surface area contributed by atoms with E-state index in [0.29, 0.717) is 5.69 Å². The third kappa shape index (κ3) is 1.60. The van der Waals surface area contributed by atoms with Crippen molar-refractivity contribution in [1.29, 1.82) is 0 Å². The van der Waals surface area contributed by atoms with Crippen LogP contribution in [-0.2, 0) is 0 Å². The van der Waals surface area contributed by atoms with Gasteiger partial charge in [0.25, 0.3) is 5.91 Å². The number of amides is 1. The number of nitrogens with zero attached hydrogens (tertiary/aromatic N) is 3. The number of nitrogens with one attached hydrogen (secondary N) is 2. The fraction of sp³-hybridized carbons (Fsp3) is 0.625. The second-order valence-corrected chi connectivity index (χ2v) is 3.41. The van der Waals surface area contributed by atoms with Crippen LogP contribution < -0.4 is 5.32 Å². The van der Waals surface area contributed by atoms with Crippen molar-refractivity contribution < 1.29 is 4.79 Å². The van der Waals surface area contributed by atoms with E-state index in [-0.39, 0.29) is 11.9 Å². The molecule has 14 heavy (non-hydrogen) atoms. The smallest absolute Gasteiger partial charge is 0.276 e. The molecule has 1 aromatic heterocycles. The topological polar surface area (TPSA) is 73.9 Å². The molecule has 0 bridgehead atoms. The Kier molecular flexibility index (Phi) is 2.45. The number of aromatic nitrogens is 3. The molecule has 0 unspecified atom stereocenters. The van der Waals surface area contributed by atoms with Gasteiger partial charge in [-0.15, -0.1) is 0 Å². The molecule has 1 amide bonds. The van der Waals surface area contributed by atoms with E-state index in [4.69, 9.17) is 0 Å². The summed E-state index contributed by atoms with van der Waals surface area (Å²) >= 11 is 0. The number of H-pyrrole nitrogens is 1. The maximum atomic E-state index is 11.8. The first-order valence-electron chi connectivity index (χ1n) is 4.66. The molecule has 0 aromatic carbocycles. The third-order valence-electron chi connectivity index (χ3n) is 2.40. The first-order chi connectivity index (χ1) is 6.79. The number of piperazine rings is 1. The Bertz CT molecular complexity index is 310. The molecule has 6 nitrogen and oxygen atoms in total. The van der Waals surface area contributed by atoms with E-state index in [9.17, 15) is 4.79 Å². The summed E-state index contributed by atoms with van der Waals surface area (Å²) in [6, 6.07) is 0.216. The highest BCUT2D eigenvalue weighted by atomic mass is 16.2. The van der Waals surface area contributed by atoms with Crippen molar-refractivity contribution in [2.45, 2.75) is 13.0 Å². The zero-order valence-electron chi connectivity index (χ0n) is 8.03. The van der Waals surface area contributed by atoms with Crippen molar-refractivity contribution >= 4 is 5.91 Å². The number of carbonyl (C=O) groups excluding carboxylic acids is 1. The Morgan fingerprint density at radius 2 is 2.57 bits per heavy atom. The lowest BCUT2D eigenvalue weighted by molar-refractivity contribution is 0.0649. The summed E-state index contributed by atoms with van der Waals surface area (Å²) in [7, 11) is 0. The lowest BCUT2D eigenvalue weighted by Gasteiger charge is -2.33. The first-order valence-corrected chi connectivity index (χ1v) is 4.66. The van der Waals surface area contributed by atoms with Gasteiger partial charge >= 0.3 is 0 Å². The second-order valence-electron chi connectivity index (χ2n) is 3.41. The fourth-order valence-corrected chi connectivity index (χ4v) is 1.59. The minimum absolute atomic E-state index is 0.0484. The van der Waals surface area contributed by atoms with Crippen LogP contribution in [0.5, 0.6) is 0 Å². The minimum atomic E-state index is -0.0484. The largest absolute Gasteiger partial charge is 0.332 e. The summed E-state index contributed by atoms with van der Waals surface area (Å²) in [5.41, 5.74) is 0.388. The molecule has 1 saturated heterocycles. The predicted octanol–water partition coefficient (Wildman–Crippen LogP) is -0.761. The number of hydrogen-bond acceptors (Lipinski definition) is 4. The highest BCUT2D eigenvalue weighted by molar-refractivity contribution is 5.92. The molecule has 1 aliphatic heterocycles. The molecule has 0 spiro atoms. The summed E-state index contributed by atoms with van der Waals surface area (Å²) in [4.78, 5) is 13.7. The van der Waals surface area contributed by atoms with Crippen LogP contribution >= 0.6 is 0 Å². The summed E-state index contributed by atoms with van der Waals surface area (Å²) in [6.45, 7) is 4.43. The molecule has 76 valence electrons. The highest BCUT2D eigenvalue weighted by Crippen LogP contribution is 2.06. The molecule has 2 N–H and O–H groups in total. The van der Waals surface area contributed by atoms with Gasteiger partial charge in [0.15, 0.2) is 5.69 Å². The number of hydrogen-bond donors (Lipinski definition) is 2. The van der Waals surface area contributed by atoms with Gasteiger partial charge < -0.3 is 10.2 Å². The maximum Gasteiger partial charge on any atom is 0.276 e. The van der Waals surface area contributed by atoms with E-state index in [1.54, 1.807) is 0 Å². The Morgan fingerprint density at radius 3 is 3.21 bits per heavy atom. The van der Waals surface area contributed by atoms with E-state index >= 15 is 0 Å². The van der Waals surface area contributed by atoms with Crippen LogP contribution in [0.4, 0.5) is 0 Å². The van der Waals surface area contributed by atoms with Crippen LogP contribution in [0.15, 0.2) is 6.20 Å². The molecule has 0 radical (unpaired) electrons. The summed E-state index contributed by atoms with van der Waals surface area (Å²) in [6.07, 6.45) is 1.46. The van der Waals surface area contributed by atoms with Gasteiger partial charge in [-0.2, -0.15) is 15.4 Å². The van der Waals surface area contributed by atoms with Crippen molar-refractivity contribution in [2.24, 2.45) is 0 Å². The van der Waals surface area contributed by atoms with Crippen LogP contribution in [0.2, 0.25) is 0 Å². The molecule has 2 rings (SSSR count). The second kappa shape index (κ2) is 3.75. The number of rotatable bonds is 1. The van der Waals surface area contributed by atoms with Gasteiger partial charge in [-0.25, -0.2) is 0 Å². The third-order valence-corrected chi connectivity index (χ3v) is 2.40. The Balaban J connectivity index is 2.10. The van der Waals surface area contributed by atoms with Crippen LogP contribution in [0.25, 0.3) is 0 Å². The lowest BCUT2D eigenvalue weighted by atomic mass is 10.2. The van der Waals surface area contributed by atoms with E-state index in [1.807, 2.05) is 11.8 Å². The van der Waals surface area contributed by atoms with Crippen molar-refractivity contribution in [3.05, 3.63) is 11.9 Å². The van der Waals surface area contributed by atoms with Crippen LogP contribution in [0, 0.1) is 0 Å². The Morgan fingerprint density at radius 1 is 1.71 bits per heavy atom. The maximum absolute atomic E-state index is 11.8. The summed E-state index contributed by atoms with van der Waals surface area (Å²) in [5.74, 6) is -0.0484. The normalized spacial score (nSPS) is 22.4. The first kappa shape index (κ1) is 9.14. The quantitative estimate of drug-likeness (QED) is 0.617. The van der Waals surface area contributed by atoms with E-state index in [2.05, 4.69) is 20.7 Å². The van der Waals surface area contributed by atoms with Crippen LogP contribution in [0.1, 0.15) is 17.4 Å². The SMILES string of the molecule is C[C@H]1CNCCN1C(=O)c1cn[nH]n1. The van der Waals surface area contributed by atoms with Gasteiger partial charge in [-0.05, 0) is 6.92 Å². The summed E-state index contributed by atoms with van der Waals surface area (Å²) < 4.78 is 0. The van der Waals surface area contributed by atoms with Crippen molar-refractivity contribution in [1.82, 2.24) is 25.6 Å². The highest BCUT2D eigenvalue weighted by Gasteiger charge is 2.25. The zero-order chi connectivity index (χ0) is 9.97. The Hall–Kier alpha value is -1.43.